The fourth-order valence-corrected chi connectivity index (χ4v) is 5.70. The number of unbranched alkanes of at least 4 members (excludes halogenated alkanes) is 21. The molecule has 8 nitrogen and oxygen atoms in total. The number of ether oxygens (including phenoxy) is 2. The van der Waals surface area contributed by atoms with Gasteiger partial charge in [-0.15, -0.1) is 0 Å². The lowest BCUT2D eigenvalue weighted by molar-refractivity contribution is -0.161. The van der Waals surface area contributed by atoms with Gasteiger partial charge in [0.05, 0.1) is 6.61 Å². The van der Waals surface area contributed by atoms with Crippen molar-refractivity contribution in [1.29, 1.82) is 0 Å². The maximum atomic E-state index is 12.3. The summed E-state index contributed by atoms with van der Waals surface area (Å²) in [4.78, 5) is 42.7. The predicted octanol–water partition coefficient (Wildman–Crippen LogP) is 11.2. The first-order valence-electron chi connectivity index (χ1n) is 19.1. The Morgan fingerprint density at radius 1 is 0.553 bits per heavy atom. The molecule has 0 spiro atoms. The van der Waals surface area contributed by atoms with Gasteiger partial charge in [-0.25, -0.2) is 4.57 Å². The molecule has 0 saturated carbocycles. The molecule has 0 aliphatic carbocycles. The van der Waals surface area contributed by atoms with Crippen LogP contribution in [0, 0.1) is 0 Å². The highest BCUT2D eigenvalue weighted by Gasteiger charge is 2.22. The molecule has 0 aromatic heterocycles. The first kappa shape index (κ1) is 45.5. The molecule has 47 heavy (non-hydrogen) atoms. The van der Waals surface area contributed by atoms with E-state index in [1.807, 2.05) is 0 Å². The van der Waals surface area contributed by atoms with Crippen LogP contribution in [-0.4, -0.2) is 41.0 Å². The van der Waals surface area contributed by atoms with Crippen molar-refractivity contribution in [2.24, 2.45) is 0 Å². The molecular formula is C38H71O8P. The zero-order chi connectivity index (χ0) is 34.7. The molecule has 0 heterocycles. The summed E-state index contributed by atoms with van der Waals surface area (Å²) < 4.78 is 26.3. The second-order valence-electron chi connectivity index (χ2n) is 12.9. The van der Waals surface area contributed by atoms with Crippen LogP contribution in [0.25, 0.3) is 0 Å². The van der Waals surface area contributed by atoms with Gasteiger partial charge in [-0.2, -0.15) is 0 Å². The third kappa shape index (κ3) is 37.2. The van der Waals surface area contributed by atoms with Crippen molar-refractivity contribution >= 4 is 19.8 Å². The van der Waals surface area contributed by atoms with E-state index in [0.29, 0.717) is 6.42 Å². The van der Waals surface area contributed by atoms with Crippen molar-refractivity contribution in [2.45, 2.75) is 193 Å². The van der Waals surface area contributed by atoms with Crippen LogP contribution in [0.15, 0.2) is 24.3 Å². The van der Waals surface area contributed by atoms with Gasteiger partial charge < -0.3 is 19.3 Å². The molecule has 0 radical (unpaired) electrons. The summed E-state index contributed by atoms with van der Waals surface area (Å²) in [7, 11) is -4.75. The monoisotopic (exact) mass is 686 g/mol. The lowest BCUT2D eigenvalue weighted by atomic mass is 10.0. The van der Waals surface area contributed by atoms with E-state index in [4.69, 9.17) is 19.3 Å². The third-order valence-corrected chi connectivity index (χ3v) is 8.71. The van der Waals surface area contributed by atoms with Crippen molar-refractivity contribution in [3.8, 4) is 0 Å². The smallest absolute Gasteiger partial charge is 0.462 e. The summed E-state index contributed by atoms with van der Waals surface area (Å²) in [5.41, 5.74) is 0. The van der Waals surface area contributed by atoms with Crippen LogP contribution in [-0.2, 0) is 28.2 Å². The number of esters is 2. The van der Waals surface area contributed by atoms with Gasteiger partial charge in [-0.05, 0) is 44.9 Å². The SMILES string of the molecule is CCCCC/C=C/C/C=C/CCCCCCCC(=O)O[C@H](COC(=O)CCCCCCCCCCCCCCCC)COP(=O)(O)O. The standard InChI is InChI=1S/C38H71O8P/c1-3-5-7-9-11-13-15-17-19-21-23-25-27-29-31-33-38(40)46-36(35-45-47(41,42)43)34-44-37(39)32-30-28-26-24-22-20-18-16-14-12-10-8-6-4-2/h11,13,17,19,36H,3-10,12,14-16,18,20-35H2,1-2H3,(H2,41,42,43)/b13-11+,19-17+/t36-/m1/s1. The molecule has 0 amide bonds. The molecule has 0 unspecified atom stereocenters. The first-order valence-corrected chi connectivity index (χ1v) is 20.7. The van der Waals surface area contributed by atoms with Gasteiger partial charge in [0.25, 0.3) is 0 Å². The van der Waals surface area contributed by atoms with E-state index in [1.54, 1.807) is 0 Å². The van der Waals surface area contributed by atoms with Crippen molar-refractivity contribution in [2.75, 3.05) is 13.2 Å². The average molecular weight is 687 g/mol. The Morgan fingerprint density at radius 2 is 0.957 bits per heavy atom. The second kappa shape index (κ2) is 34.4. The molecule has 9 heteroatoms. The minimum atomic E-state index is -4.75. The number of hydrogen-bond donors (Lipinski definition) is 2. The topological polar surface area (TPSA) is 119 Å². The summed E-state index contributed by atoms with van der Waals surface area (Å²) in [5, 5.41) is 0. The highest BCUT2D eigenvalue weighted by Crippen LogP contribution is 2.36. The first-order chi connectivity index (χ1) is 22.8. The van der Waals surface area contributed by atoms with E-state index in [-0.39, 0.29) is 19.4 Å². The van der Waals surface area contributed by atoms with E-state index in [9.17, 15) is 14.2 Å². The molecule has 0 saturated heterocycles. The maximum absolute atomic E-state index is 12.3. The van der Waals surface area contributed by atoms with Crippen LogP contribution in [0.1, 0.15) is 187 Å². The number of hydrogen-bond acceptors (Lipinski definition) is 6. The Kier molecular flexibility index (Phi) is 33.3. The van der Waals surface area contributed by atoms with Crippen LogP contribution in [0.2, 0.25) is 0 Å². The number of carbonyl (C=O) groups is 2. The zero-order valence-corrected chi connectivity index (χ0v) is 31.1. The van der Waals surface area contributed by atoms with Gasteiger partial charge in [0, 0.05) is 12.8 Å². The zero-order valence-electron chi connectivity index (χ0n) is 30.2. The molecule has 0 aromatic carbocycles. The summed E-state index contributed by atoms with van der Waals surface area (Å²) in [6.07, 6.45) is 37.5. The summed E-state index contributed by atoms with van der Waals surface area (Å²) in [6.45, 7) is 3.64. The third-order valence-electron chi connectivity index (χ3n) is 8.22. The molecule has 0 rings (SSSR count). The molecule has 276 valence electrons. The number of phosphoric acid groups is 1. The molecule has 0 fully saturated rings. The van der Waals surface area contributed by atoms with Gasteiger partial charge in [-0.3, -0.25) is 14.1 Å². The highest BCUT2D eigenvalue weighted by molar-refractivity contribution is 7.46. The van der Waals surface area contributed by atoms with Crippen molar-refractivity contribution in [3.05, 3.63) is 24.3 Å². The summed E-state index contributed by atoms with van der Waals surface area (Å²) in [5.74, 6) is -0.895. The van der Waals surface area contributed by atoms with Gasteiger partial charge in [0.1, 0.15) is 6.61 Å². The molecule has 1 atom stereocenters. The Bertz CT molecular complexity index is 823. The quantitative estimate of drug-likeness (QED) is 0.0292. The predicted molar refractivity (Wildman–Crippen MR) is 193 cm³/mol. The van der Waals surface area contributed by atoms with Gasteiger partial charge >= 0.3 is 19.8 Å². The fourth-order valence-electron chi connectivity index (χ4n) is 5.34. The van der Waals surface area contributed by atoms with E-state index in [1.165, 1.54) is 96.3 Å². The van der Waals surface area contributed by atoms with E-state index < -0.39 is 32.5 Å². The van der Waals surface area contributed by atoms with Crippen LogP contribution >= 0.6 is 7.82 Å². The number of rotatable bonds is 35. The van der Waals surface area contributed by atoms with Crippen LogP contribution in [0.3, 0.4) is 0 Å². The molecule has 0 aliphatic heterocycles. The molecular weight excluding hydrogens is 615 g/mol. The Balaban J connectivity index is 3.97. The Labute approximate surface area is 288 Å². The van der Waals surface area contributed by atoms with Gasteiger partial charge in [0.15, 0.2) is 6.10 Å². The van der Waals surface area contributed by atoms with Gasteiger partial charge in [-0.1, -0.05) is 154 Å². The van der Waals surface area contributed by atoms with E-state index in [0.717, 1.165) is 57.8 Å². The Hall–Kier alpha value is -1.47. The van der Waals surface area contributed by atoms with Crippen LogP contribution in [0.4, 0.5) is 0 Å². The number of allylic oxidation sites excluding steroid dienone is 4. The molecule has 0 aliphatic rings. The summed E-state index contributed by atoms with van der Waals surface area (Å²) >= 11 is 0. The minimum Gasteiger partial charge on any atom is -0.462 e. The Morgan fingerprint density at radius 3 is 1.45 bits per heavy atom. The molecule has 2 N–H and O–H groups in total. The largest absolute Gasteiger partial charge is 0.469 e. The maximum Gasteiger partial charge on any atom is 0.469 e. The second-order valence-corrected chi connectivity index (χ2v) is 14.1. The molecule has 0 aromatic rings. The van der Waals surface area contributed by atoms with E-state index >= 15 is 0 Å². The van der Waals surface area contributed by atoms with Crippen LogP contribution in [0.5, 0.6) is 0 Å². The number of carbonyl (C=O) groups excluding carboxylic acids is 2. The highest BCUT2D eigenvalue weighted by atomic mass is 31.2. The van der Waals surface area contributed by atoms with E-state index in [2.05, 4.69) is 42.7 Å². The minimum absolute atomic E-state index is 0.198. The van der Waals surface area contributed by atoms with Crippen molar-refractivity contribution < 1.29 is 37.9 Å². The van der Waals surface area contributed by atoms with Gasteiger partial charge in [0.2, 0.25) is 0 Å². The van der Waals surface area contributed by atoms with Crippen LogP contribution < -0.4 is 0 Å². The average Bonchev–Trinajstić information content (AvgIpc) is 3.03. The lowest BCUT2D eigenvalue weighted by Gasteiger charge is -2.18. The van der Waals surface area contributed by atoms with Crippen molar-refractivity contribution in [3.63, 3.8) is 0 Å². The lowest BCUT2D eigenvalue weighted by Crippen LogP contribution is -2.29. The summed E-state index contributed by atoms with van der Waals surface area (Å²) in [6, 6.07) is 0. The molecule has 0 bridgehead atoms. The fraction of sp³-hybridized carbons (Fsp3) is 0.842. The van der Waals surface area contributed by atoms with Crippen molar-refractivity contribution in [1.82, 2.24) is 0 Å². The normalized spacial score (nSPS) is 12.7. The number of phosphoric ester groups is 1.